The van der Waals surface area contributed by atoms with Crippen LogP contribution in [0, 0.1) is 0 Å². The van der Waals surface area contributed by atoms with Crippen LogP contribution in [0.5, 0.6) is 0 Å². The molecule has 1 fully saturated rings. The molecule has 122 valence electrons. The molecule has 1 N–H and O–H groups in total. The molecular formula is C18H17N3O3. The molecule has 0 saturated carbocycles. The zero-order valence-electron chi connectivity index (χ0n) is 13.0. The summed E-state index contributed by atoms with van der Waals surface area (Å²) in [6.45, 7) is 1.70. The van der Waals surface area contributed by atoms with Crippen LogP contribution >= 0.6 is 0 Å². The van der Waals surface area contributed by atoms with Crippen LogP contribution in [0.25, 0.3) is 10.8 Å². The van der Waals surface area contributed by atoms with Crippen LogP contribution in [0.2, 0.25) is 0 Å². The van der Waals surface area contributed by atoms with Crippen molar-refractivity contribution < 1.29 is 14.1 Å². The molecule has 1 saturated heterocycles. The van der Waals surface area contributed by atoms with Gasteiger partial charge in [-0.2, -0.15) is 0 Å². The number of likely N-dealkylation sites (tertiary alicyclic amines) is 1. The maximum atomic E-state index is 12.0. The Bertz CT molecular complexity index is 836. The lowest BCUT2D eigenvalue weighted by Gasteiger charge is -2.38. The van der Waals surface area contributed by atoms with E-state index >= 15 is 0 Å². The first-order valence-corrected chi connectivity index (χ1v) is 7.84. The van der Waals surface area contributed by atoms with Crippen LogP contribution in [0.1, 0.15) is 5.56 Å². The number of benzene rings is 2. The van der Waals surface area contributed by atoms with Crippen LogP contribution in [0.15, 0.2) is 59.3 Å². The smallest absolute Gasteiger partial charge is 0.323 e. The molecule has 0 bridgehead atoms. The van der Waals surface area contributed by atoms with Gasteiger partial charge in [0.1, 0.15) is 6.26 Å². The molecule has 24 heavy (non-hydrogen) atoms. The van der Waals surface area contributed by atoms with E-state index in [4.69, 9.17) is 4.74 Å². The number of fused-ring (bicyclic) bond motifs is 1. The van der Waals surface area contributed by atoms with E-state index in [1.54, 1.807) is 11.0 Å². The van der Waals surface area contributed by atoms with Crippen molar-refractivity contribution in [3.63, 3.8) is 0 Å². The van der Waals surface area contributed by atoms with Gasteiger partial charge in [-0.05, 0) is 16.3 Å². The summed E-state index contributed by atoms with van der Waals surface area (Å²) in [5.41, 5.74) is 1.17. The van der Waals surface area contributed by atoms with E-state index in [1.165, 1.54) is 22.6 Å². The van der Waals surface area contributed by atoms with Gasteiger partial charge in [0.15, 0.2) is 5.82 Å². The molecule has 1 aliphatic rings. The second-order valence-electron chi connectivity index (χ2n) is 5.79. The van der Waals surface area contributed by atoms with Crippen LogP contribution < -0.4 is 5.32 Å². The molecule has 0 radical (unpaired) electrons. The van der Waals surface area contributed by atoms with Gasteiger partial charge in [-0.1, -0.05) is 47.6 Å². The lowest BCUT2D eigenvalue weighted by atomic mass is 10.1. The Morgan fingerprint density at radius 2 is 2.04 bits per heavy atom. The Kier molecular flexibility index (Phi) is 3.88. The summed E-state index contributed by atoms with van der Waals surface area (Å²) >= 11 is 0. The highest BCUT2D eigenvalue weighted by Gasteiger charge is 2.31. The number of anilines is 1. The molecule has 0 unspecified atom stereocenters. The van der Waals surface area contributed by atoms with Gasteiger partial charge in [-0.3, -0.25) is 5.32 Å². The lowest BCUT2D eigenvalue weighted by molar-refractivity contribution is -0.0417. The molecule has 4 rings (SSSR count). The third-order valence-corrected chi connectivity index (χ3v) is 4.16. The molecule has 2 amide bonds. The maximum Gasteiger partial charge on any atom is 0.323 e. The number of amides is 2. The lowest BCUT2D eigenvalue weighted by Crippen LogP contribution is -2.56. The van der Waals surface area contributed by atoms with Crippen molar-refractivity contribution in [2.45, 2.75) is 12.7 Å². The largest absolute Gasteiger partial charge is 0.370 e. The van der Waals surface area contributed by atoms with Gasteiger partial charge < -0.3 is 14.2 Å². The molecule has 0 atom stereocenters. The van der Waals surface area contributed by atoms with Gasteiger partial charge >= 0.3 is 6.03 Å². The van der Waals surface area contributed by atoms with Crippen molar-refractivity contribution in [2.75, 3.05) is 18.4 Å². The third kappa shape index (κ3) is 2.96. The van der Waals surface area contributed by atoms with Crippen molar-refractivity contribution >= 4 is 22.6 Å². The molecule has 3 aromatic rings. The quantitative estimate of drug-likeness (QED) is 0.800. The summed E-state index contributed by atoms with van der Waals surface area (Å²) in [7, 11) is 0. The first kappa shape index (κ1) is 14.7. The predicted octanol–water partition coefficient (Wildman–Crippen LogP) is 3.26. The Balaban J connectivity index is 1.30. The Hall–Kier alpha value is -2.86. The molecule has 0 spiro atoms. The van der Waals surface area contributed by atoms with Crippen LogP contribution in [0.4, 0.5) is 10.6 Å². The summed E-state index contributed by atoms with van der Waals surface area (Å²) in [4.78, 5) is 13.6. The number of hydrogen-bond acceptors (Lipinski definition) is 4. The minimum Gasteiger partial charge on any atom is -0.370 e. The molecule has 6 heteroatoms. The number of ether oxygens (including phenoxy) is 1. The monoisotopic (exact) mass is 323 g/mol. The standard InChI is InChI=1S/C18H17N3O3/c22-18(19-17-8-9-24-20-17)21-10-15(11-21)23-12-14-6-3-5-13-4-1-2-7-16(13)14/h1-9,15H,10-12H2,(H,19,20,22). The van der Waals surface area contributed by atoms with E-state index in [1.807, 2.05) is 18.2 Å². The summed E-state index contributed by atoms with van der Waals surface area (Å²) in [6, 6.07) is 15.9. The fraction of sp³-hybridized carbons (Fsp3) is 0.222. The van der Waals surface area contributed by atoms with Crippen molar-refractivity contribution in [3.05, 3.63) is 60.4 Å². The van der Waals surface area contributed by atoms with Gasteiger partial charge in [0.25, 0.3) is 0 Å². The number of urea groups is 1. The summed E-state index contributed by atoms with van der Waals surface area (Å²) in [5, 5.41) is 8.74. The van der Waals surface area contributed by atoms with Gasteiger partial charge in [-0.25, -0.2) is 4.79 Å². The van der Waals surface area contributed by atoms with E-state index in [2.05, 4.69) is 39.3 Å². The number of carbonyl (C=O) groups excluding carboxylic acids is 1. The molecule has 2 aromatic carbocycles. The number of nitrogens with zero attached hydrogens (tertiary/aromatic N) is 2. The second kappa shape index (κ2) is 6.33. The van der Waals surface area contributed by atoms with E-state index in [0.29, 0.717) is 25.5 Å². The highest BCUT2D eigenvalue weighted by Crippen LogP contribution is 2.21. The summed E-state index contributed by atoms with van der Waals surface area (Å²) in [5.74, 6) is 0.417. The fourth-order valence-electron chi connectivity index (χ4n) is 2.80. The first-order chi connectivity index (χ1) is 11.8. The van der Waals surface area contributed by atoms with Gasteiger partial charge in [0, 0.05) is 6.07 Å². The van der Waals surface area contributed by atoms with Crippen LogP contribution in [-0.2, 0) is 11.3 Å². The van der Waals surface area contributed by atoms with E-state index < -0.39 is 0 Å². The van der Waals surface area contributed by atoms with Crippen molar-refractivity contribution in [1.82, 2.24) is 10.1 Å². The topological polar surface area (TPSA) is 67.6 Å². The minimum absolute atomic E-state index is 0.0621. The average Bonchev–Trinajstić information content (AvgIpc) is 3.06. The number of aromatic nitrogens is 1. The van der Waals surface area contributed by atoms with Crippen molar-refractivity contribution in [3.8, 4) is 0 Å². The van der Waals surface area contributed by atoms with Crippen LogP contribution in [-0.4, -0.2) is 35.3 Å². The maximum absolute atomic E-state index is 12.0. The van der Waals surface area contributed by atoms with Gasteiger partial charge in [0.05, 0.1) is 25.8 Å². The second-order valence-corrected chi connectivity index (χ2v) is 5.79. The molecule has 1 aliphatic heterocycles. The van der Waals surface area contributed by atoms with Gasteiger partial charge in [0.2, 0.25) is 0 Å². The Morgan fingerprint density at radius 1 is 1.21 bits per heavy atom. The number of nitrogens with one attached hydrogen (secondary N) is 1. The summed E-state index contributed by atoms with van der Waals surface area (Å²) in [6.07, 6.45) is 1.48. The molecule has 6 nitrogen and oxygen atoms in total. The molecular weight excluding hydrogens is 306 g/mol. The van der Waals surface area contributed by atoms with Gasteiger partial charge in [-0.15, -0.1) is 0 Å². The summed E-state index contributed by atoms with van der Waals surface area (Å²) < 4.78 is 10.6. The van der Waals surface area contributed by atoms with Crippen molar-refractivity contribution in [2.24, 2.45) is 0 Å². The number of hydrogen-bond donors (Lipinski definition) is 1. The third-order valence-electron chi connectivity index (χ3n) is 4.16. The Labute approximate surface area is 139 Å². The highest BCUT2D eigenvalue weighted by molar-refractivity contribution is 5.88. The molecule has 1 aromatic heterocycles. The number of carbonyl (C=O) groups is 1. The number of rotatable bonds is 4. The fourth-order valence-corrected chi connectivity index (χ4v) is 2.80. The first-order valence-electron chi connectivity index (χ1n) is 7.84. The predicted molar refractivity (Wildman–Crippen MR) is 89.6 cm³/mol. The van der Waals surface area contributed by atoms with Crippen LogP contribution in [0.3, 0.4) is 0 Å². The SMILES string of the molecule is O=C(Nc1ccon1)N1CC(OCc2cccc3ccccc23)C1. The van der Waals surface area contributed by atoms with E-state index in [-0.39, 0.29) is 12.1 Å². The zero-order valence-corrected chi connectivity index (χ0v) is 13.0. The zero-order chi connectivity index (χ0) is 16.4. The normalized spacial score (nSPS) is 14.6. The Morgan fingerprint density at radius 3 is 2.88 bits per heavy atom. The van der Waals surface area contributed by atoms with E-state index in [0.717, 1.165) is 0 Å². The van der Waals surface area contributed by atoms with E-state index in [9.17, 15) is 4.79 Å². The highest BCUT2D eigenvalue weighted by atomic mass is 16.5. The minimum atomic E-state index is -0.186. The molecule has 2 heterocycles. The van der Waals surface area contributed by atoms with Crippen molar-refractivity contribution in [1.29, 1.82) is 0 Å². The molecule has 0 aliphatic carbocycles. The average molecular weight is 323 g/mol.